The molecule has 4 rings (SSSR count). The second-order valence-electron chi connectivity index (χ2n) is 7.15. The fraction of sp³-hybridized carbons (Fsp3) is 1.00. The van der Waals surface area contributed by atoms with Crippen molar-refractivity contribution in [3.63, 3.8) is 0 Å². The van der Waals surface area contributed by atoms with E-state index in [0.717, 1.165) is 29.6 Å². The quantitative estimate of drug-likeness (QED) is 0.741. The Kier molecular flexibility index (Phi) is 3.14. The van der Waals surface area contributed by atoms with Crippen molar-refractivity contribution in [1.29, 1.82) is 0 Å². The average molecular weight is 237 g/mol. The topological polar surface area (TPSA) is 12.0 Å². The Morgan fingerprint density at radius 1 is 1.00 bits per heavy atom. The van der Waals surface area contributed by atoms with E-state index in [-0.39, 0.29) is 9.68 Å². The van der Waals surface area contributed by atoms with Crippen molar-refractivity contribution in [2.75, 3.05) is 6.54 Å². The summed E-state index contributed by atoms with van der Waals surface area (Å²) in [6, 6.07) is 0. The third-order valence-electron chi connectivity index (χ3n) is 5.35. The van der Waals surface area contributed by atoms with Gasteiger partial charge in [-0.2, -0.15) is 0 Å². The van der Waals surface area contributed by atoms with Gasteiger partial charge in [-0.15, -0.1) is 0 Å². The van der Waals surface area contributed by atoms with Crippen LogP contribution in [0, 0.1) is 29.6 Å². The van der Waals surface area contributed by atoms with Crippen molar-refractivity contribution in [3.8, 4) is 0 Å². The molecular weight excluding hydrogens is 210 g/mol. The zero-order valence-corrected chi connectivity index (χ0v) is 12.3. The highest BCUT2D eigenvalue weighted by Crippen LogP contribution is 2.58. The maximum atomic E-state index is 3.85. The first-order valence-electron chi connectivity index (χ1n) is 7.43. The molecule has 16 heavy (non-hydrogen) atoms. The Balaban J connectivity index is 1.55. The first kappa shape index (κ1) is 11.3. The zero-order valence-electron chi connectivity index (χ0n) is 10.9. The highest BCUT2D eigenvalue weighted by Gasteiger charge is 2.47. The molecule has 1 nitrogen and oxygen atoms in total. The molecule has 4 saturated carbocycles. The van der Waals surface area contributed by atoms with Gasteiger partial charge in [-0.1, -0.05) is 13.8 Å². The van der Waals surface area contributed by atoms with Crippen molar-refractivity contribution in [2.24, 2.45) is 29.6 Å². The molecular formula is C14H27NSi. The van der Waals surface area contributed by atoms with Gasteiger partial charge in [-0.05, 0) is 73.8 Å². The van der Waals surface area contributed by atoms with Crippen LogP contribution in [0.25, 0.3) is 0 Å². The average Bonchev–Trinajstić information content (AvgIpc) is 2.20. The van der Waals surface area contributed by atoms with E-state index < -0.39 is 0 Å². The van der Waals surface area contributed by atoms with Gasteiger partial charge in [0.25, 0.3) is 0 Å². The normalized spacial score (nSPS) is 46.3. The summed E-state index contributed by atoms with van der Waals surface area (Å²) in [5.41, 5.74) is 1.17. The fourth-order valence-electron chi connectivity index (χ4n) is 4.91. The third-order valence-corrected chi connectivity index (χ3v) is 7.74. The molecule has 4 aliphatic rings. The van der Waals surface area contributed by atoms with Crippen LogP contribution in [0.1, 0.15) is 46.0 Å². The summed E-state index contributed by atoms with van der Waals surface area (Å²) in [5.74, 6) is 5.45. The summed E-state index contributed by atoms with van der Waals surface area (Å²) >= 11 is 0. The van der Waals surface area contributed by atoms with Gasteiger partial charge in [0.1, 0.15) is 0 Å². The third kappa shape index (κ3) is 2.11. The molecule has 0 aromatic carbocycles. The van der Waals surface area contributed by atoms with Crippen LogP contribution >= 0.6 is 0 Å². The lowest BCUT2D eigenvalue weighted by molar-refractivity contribution is 0.0194. The second-order valence-corrected chi connectivity index (χ2v) is 9.00. The maximum Gasteiger partial charge on any atom is 0.0953 e. The Bertz CT molecular complexity index is 223. The zero-order chi connectivity index (χ0) is 11.1. The number of hydrogen-bond acceptors (Lipinski definition) is 1. The Morgan fingerprint density at radius 2 is 1.56 bits per heavy atom. The molecule has 0 saturated heterocycles. The van der Waals surface area contributed by atoms with Crippen LogP contribution in [0.15, 0.2) is 0 Å². The molecule has 0 radical (unpaired) electrons. The molecule has 0 spiro atoms. The van der Waals surface area contributed by atoms with Gasteiger partial charge in [0.05, 0.1) is 9.68 Å². The molecule has 4 fully saturated rings. The number of hydrogen-bond donors (Lipinski definition) is 1. The fourth-order valence-corrected chi connectivity index (χ4v) is 7.42. The van der Waals surface area contributed by atoms with Crippen molar-refractivity contribution in [2.45, 2.75) is 51.5 Å². The monoisotopic (exact) mass is 237 g/mol. The summed E-state index contributed by atoms with van der Waals surface area (Å²) in [7, 11) is 0.0160. The van der Waals surface area contributed by atoms with Crippen LogP contribution in [0.4, 0.5) is 0 Å². The van der Waals surface area contributed by atoms with Crippen molar-refractivity contribution >= 4 is 9.68 Å². The highest BCUT2D eigenvalue weighted by atomic mass is 28.2. The van der Waals surface area contributed by atoms with Gasteiger partial charge in [-0.25, -0.2) is 0 Å². The van der Waals surface area contributed by atoms with Gasteiger partial charge >= 0.3 is 0 Å². The minimum Gasteiger partial charge on any atom is -0.342 e. The van der Waals surface area contributed by atoms with E-state index in [9.17, 15) is 0 Å². The summed E-state index contributed by atoms with van der Waals surface area (Å²) in [4.78, 5) is 3.85. The van der Waals surface area contributed by atoms with Gasteiger partial charge < -0.3 is 4.98 Å². The Labute approximate surface area is 103 Å². The summed E-state index contributed by atoms with van der Waals surface area (Å²) in [5, 5.41) is 0. The lowest BCUT2D eigenvalue weighted by atomic mass is 9.56. The first-order chi connectivity index (χ1) is 7.72. The summed E-state index contributed by atoms with van der Waals surface area (Å²) in [6.07, 6.45) is 8.02. The van der Waals surface area contributed by atoms with Gasteiger partial charge in [0.2, 0.25) is 0 Å². The smallest absolute Gasteiger partial charge is 0.0953 e. The largest absolute Gasteiger partial charge is 0.342 e. The van der Waals surface area contributed by atoms with Gasteiger partial charge in [-0.3, -0.25) is 0 Å². The lowest BCUT2D eigenvalue weighted by Gasteiger charge is -2.54. The predicted molar refractivity (Wildman–Crippen MR) is 72.2 cm³/mol. The minimum absolute atomic E-state index is 0.0160. The molecule has 4 bridgehead atoms. The number of nitrogens with one attached hydrogen (secondary N) is 1. The Hall–Kier alpha value is 0.177. The standard InChI is InChI=1S/C14H27NSi/c1-9(2)8-15-16-14-12-4-10-3-11(6-12)7-13(14)5-10/h9-15H,3-8,16H2,1-2H3. The van der Waals surface area contributed by atoms with Gasteiger partial charge in [0.15, 0.2) is 0 Å². The molecule has 0 aromatic heterocycles. The van der Waals surface area contributed by atoms with E-state index in [2.05, 4.69) is 18.8 Å². The maximum absolute atomic E-state index is 3.85. The van der Waals surface area contributed by atoms with E-state index in [1.165, 1.54) is 12.1 Å². The lowest BCUT2D eigenvalue weighted by Crippen LogP contribution is -2.47. The predicted octanol–water partition coefficient (Wildman–Crippen LogP) is 2.56. The summed E-state index contributed by atoms with van der Waals surface area (Å²) < 4.78 is 0. The van der Waals surface area contributed by atoms with E-state index >= 15 is 0 Å². The van der Waals surface area contributed by atoms with Crippen LogP contribution in [0.5, 0.6) is 0 Å². The molecule has 0 heterocycles. The van der Waals surface area contributed by atoms with E-state index in [1.807, 2.05) is 0 Å². The second kappa shape index (κ2) is 4.45. The van der Waals surface area contributed by atoms with E-state index in [4.69, 9.17) is 0 Å². The first-order valence-corrected chi connectivity index (χ1v) is 8.95. The molecule has 1 N–H and O–H groups in total. The van der Waals surface area contributed by atoms with Crippen LogP contribution < -0.4 is 4.98 Å². The highest BCUT2D eigenvalue weighted by molar-refractivity contribution is 6.34. The molecule has 0 unspecified atom stereocenters. The van der Waals surface area contributed by atoms with Crippen LogP contribution in [0.2, 0.25) is 5.54 Å². The molecule has 92 valence electrons. The number of rotatable bonds is 4. The summed E-state index contributed by atoms with van der Waals surface area (Å²) in [6.45, 7) is 5.94. The SMILES string of the molecule is CC(C)CN[SiH2]C1C2CC3CC(C2)CC1C3. The van der Waals surface area contributed by atoms with Crippen LogP contribution in [-0.4, -0.2) is 16.2 Å². The molecule has 0 amide bonds. The van der Waals surface area contributed by atoms with Crippen LogP contribution in [0.3, 0.4) is 0 Å². The van der Waals surface area contributed by atoms with Crippen molar-refractivity contribution in [3.05, 3.63) is 0 Å². The molecule has 0 aromatic rings. The molecule has 4 aliphatic carbocycles. The minimum atomic E-state index is 0.0160. The van der Waals surface area contributed by atoms with E-state index in [1.54, 1.807) is 32.1 Å². The van der Waals surface area contributed by atoms with Gasteiger partial charge in [0, 0.05) is 0 Å². The van der Waals surface area contributed by atoms with Crippen molar-refractivity contribution < 1.29 is 0 Å². The van der Waals surface area contributed by atoms with Crippen molar-refractivity contribution in [1.82, 2.24) is 4.98 Å². The Morgan fingerprint density at radius 3 is 2.06 bits per heavy atom. The van der Waals surface area contributed by atoms with E-state index in [0.29, 0.717) is 0 Å². The van der Waals surface area contributed by atoms with Crippen LogP contribution in [-0.2, 0) is 0 Å². The molecule has 0 aliphatic heterocycles. The molecule has 0 atom stereocenters. The molecule has 2 heteroatoms.